The molecule has 1 N–H and O–H groups in total. The summed E-state index contributed by atoms with van der Waals surface area (Å²) in [5, 5.41) is 2.96. The first kappa shape index (κ1) is 17.8. The van der Waals surface area contributed by atoms with Crippen LogP contribution < -0.4 is 14.8 Å². The van der Waals surface area contributed by atoms with Gasteiger partial charge in [-0.2, -0.15) is 0 Å². The van der Waals surface area contributed by atoms with Crippen LogP contribution in [-0.2, 0) is 11.3 Å². The van der Waals surface area contributed by atoms with Gasteiger partial charge in [0.15, 0.2) is 11.5 Å². The lowest BCUT2D eigenvalue weighted by atomic mass is 10.1. The molecule has 0 spiro atoms. The van der Waals surface area contributed by atoms with E-state index in [-0.39, 0.29) is 12.1 Å². The van der Waals surface area contributed by atoms with E-state index in [1.807, 2.05) is 17.9 Å². The summed E-state index contributed by atoms with van der Waals surface area (Å²) in [5.74, 6) is 1.65. The highest BCUT2D eigenvalue weighted by Gasteiger charge is 2.22. The Morgan fingerprint density at radius 3 is 2.64 bits per heavy atom. The zero-order valence-corrected chi connectivity index (χ0v) is 15.0. The molecule has 0 aromatic heterocycles. The zero-order valence-electron chi connectivity index (χ0n) is 15.0. The van der Waals surface area contributed by atoms with Crippen molar-refractivity contribution in [2.45, 2.75) is 19.5 Å². The van der Waals surface area contributed by atoms with Crippen molar-refractivity contribution in [1.82, 2.24) is 15.1 Å². The van der Waals surface area contributed by atoms with Crippen LogP contribution in [0.2, 0.25) is 0 Å². The van der Waals surface area contributed by atoms with Crippen LogP contribution in [0.4, 0.5) is 4.79 Å². The average Bonchev–Trinajstić information content (AvgIpc) is 2.62. The number of nitrogens with one attached hydrogen (secondary N) is 1. The van der Waals surface area contributed by atoms with E-state index in [0.29, 0.717) is 19.8 Å². The van der Waals surface area contributed by atoms with Crippen molar-refractivity contribution in [3.05, 3.63) is 23.8 Å². The molecule has 138 valence electrons. The van der Waals surface area contributed by atoms with Crippen molar-refractivity contribution in [2.75, 3.05) is 53.1 Å². The fraction of sp³-hybridized carbons (Fsp3) is 0.611. The van der Waals surface area contributed by atoms with Gasteiger partial charge >= 0.3 is 6.03 Å². The van der Waals surface area contributed by atoms with Gasteiger partial charge in [0.05, 0.1) is 12.6 Å². The molecule has 25 heavy (non-hydrogen) atoms. The number of rotatable bonds is 5. The Hall–Kier alpha value is -1.99. The van der Waals surface area contributed by atoms with Crippen LogP contribution in [0.3, 0.4) is 0 Å². The van der Waals surface area contributed by atoms with E-state index in [9.17, 15) is 4.79 Å². The number of nitrogens with zero attached hydrogens (tertiary/aromatic N) is 2. The number of fused-ring (bicyclic) bond motifs is 1. The molecule has 1 atom stereocenters. The first-order valence-electron chi connectivity index (χ1n) is 8.81. The van der Waals surface area contributed by atoms with E-state index in [1.54, 1.807) is 7.11 Å². The SMILES string of the molecule is COCC(C)NC(=O)N1CCN(Cc2ccc3c(c2)OCCO3)CC1. The maximum atomic E-state index is 12.2. The smallest absolute Gasteiger partial charge is 0.317 e. The monoisotopic (exact) mass is 349 g/mol. The number of benzene rings is 1. The summed E-state index contributed by atoms with van der Waals surface area (Å²) in [6.07, 6.45) is 0. The van der Waals surface area contributed by atoms with Crippen molar-refractivity contribution in [3.63, 3.8) is 0 Å². The number of amides is 2. The Morgan fingerprint density at radius 2 is 1.92 bits per heavy atom. The molecule has 0 aliphatic carbocycles. The summed E-state index contributed by atoms with van der Waals surface area (Å²) >= 11 is 0. The van der Waals surface area contributed by atoms with Gasteiger partial charge in [-0.15, -0.1) is 0 Å². The van der Waals surface area contributed by atoms with Crippen LogP contribution in [0.5, 0.6) is 11.5 Å². The van der Waals surface area contributed by atoms with Gasteiger partial charge in [-0.3, -0.25) is 4.90 Å². The fourth-order valence-corrected chi connectivity index (χ4v) is 3.15. The van der Waals surface area contributed by atoms with Crippen molar-refractivity contribution in [2.24, 2.45) is 0 Å². The number of hydrogen-bond donors (Lipinski definition) is 1. The quantitative estimate of drug-likeness (QED) is 0.869. The normalized spacial score (nSPS) is 18.7. The van der Waals surface area contributed by atoms with Gasteiger partial charge < -0.3 is 24.4 Å². The minimum absolute atomic E-state index is 0.0106. The summed E-state index contributed by atoms with van der Waals surface area (Å²) in [6, 6.07) is 6.13. The number of ether oxygens (including phenoxy) is 3. The topological polar surface area (TPSA) is 63.3 Å². The van der Waals surface area contributed by atoms with Crippen LogP contribution in [0.25, 0.3) is 0 Å². The second kappa shape index (κ2) is 8.40. The van der Waals surface area contributed by atoms with E-state index in [2.05, 4.69) is 22.3 Å². The standard InChI is InChI=1S/C18H27N3O4/c1-14(13-23-2)19-18(22)21-7-5-20(6-8-21)12-15-3-4-16-17(11-15)25-10-9-24-16/h3-4,11,14H,5-10,12-13H2,1-2H3,(H,19,22). The van der Waals surface area contributed by atoms with Gasteiger partial charge in [0.25, 0.3) is 0 Å². The number of urea groups is 1. The molecule has 1 aromatic carbocycles. The number of methoxy groups -OCH3 is 1. The molecule has 2 amide bonds. The molecule has 2 aliphatic rings. The Bertz CT molecular complexity index is 588. The lowest BCUT2D eigenvalue weighted by Gasteiger charge is -2.35. The fourth-order valence-electron chi connectivity index (χ4n) is 3.15. The van der Waals surface area contributed by atoms with Gasteiger partial charge in [-0.05, 0) is 24.6 Å². The highest BCUT2D eigenvalue weighted by molar-refractivity contribution is 5.74. The minimum Gasteiger partial charge on any atom is -0.486 e. The number of carbonyl (C=O) groups is 1. The summed E-state index contributed by atoms with van der Waals surface area (Å²) < 4.78 is 16.3. The summed E-state index contributed by atoms with van der Waals surface area (Å²) in [6.45, 7) is 7.72. The predicted molar refractivity (Wildman–Crippen MR) is 94.2 cm³/mol. The van der Waals surface area contributed by atoms with Crippen LogP contribution in [-0.4, -0.2) is 75.0 Å². The first-order valence-corrected chi connectivity index (χ1v) is 8.81. The second-order valence-electron chi connectivity index (χ2n) is 6.55. The third-order valence-corrected chi connectivity index (χ3v) is 4.46. The van der Waals surface area contributed by atoms with Crippen LogP contribution >= 0.6 is 0 Å². The third-order valence-electron chi connectivity index (χ3n) is 4.46. The molecule has 1 aromatic rings. The molecule has 1 saturated heterocycles. The molecular weight excluding hydrogens is 322 g/mol. The van der Waals surface area contributed by atoms with Gasteiger partial charge in [-0.1, -0.05) is 6.07 Å². The highest BCUT2D eigenvalue weighted by Crippen LogP contribution is 2.31. The lowest BCUT2D eigenvalue weighted by Crippen LogP contribution is -2.53. The predicted octanol–water partition coefficient (Wildman–Crippen LogP) is 1.32. The summed E-state index contributed by atoms with van der Waals surface area (Å²) in [4.78, 5) is 16.4. The van der Waals surface area contributed by atoms with E-state index in [0.717, 1.165) is 44.2 Å². The average molecular weight is 349 g/mol. The number of piperazine rings is 1. The van der Waals surface area contributed by atoms with E-state index >= 15 is 0 Å². The number of carbonyl (C=O) groups excluding carboxylic acids is 1. The maximum absolute atomic E-state index is 12.2. The Labute approximate surface area is 148 Å². The van der Waals surface area contributed by atoms with Crippen molar-refractivity contribution in [3.8, 4) is 11.5 Å². The molecule has 2 aliphatic heterocycles. The third kappa shape index (κ3) is 4.76. The Balaban J connectivity index is 1.47. The Kier molecular flexibility index (Phi) is 5.99. The zero-order chi connectivity index (χ0) is 17.6. The molecule has 1 fully saturated rings. The van der Waals surface area contributed by atoms with Crippen LogP contribution in [0.15, 0.2) is 18.2 Å². The van der Waals surface area contributed by atoms with Crippen molar-refractivity contribution >= 4 is 6.03 Å². The van der Waals surface area contributed by atoms with Crippen molar-refractivity contribution < 1.29 is 19.0 Å². The summed E-state index contributed by atoms with van der Waals surface area (Å²) in [7, 11) is 1.64. The van der Waals surface area contributed by atoms with Crippen molar-refractivity contribution in [1.29, 1.82) is 0 Å². The van der Waals surface area contributed by atoms with E-state index in [4.69, 9.17) is 14.2 Å². The minimum atomic E-state index is -0.0106. The molecule has 0 radical (unpaired) electrons. The maximum Gasteiger partial charge on any atom is 0.317 e. The van der Waals surface area contributed by atoms with Gasteiger partial charge in [0.2, 0.25) is 0 Å². The molecule has 0 bridgehead atoms. The second-order valence-corrected chi connectivity index (χ2v) is 6.55. The molecule has 0 saturated carbocycles. The molecule has 2 heterocycles. The highest BCUT2D eigenvalue weighted by atomic mass is 16.6. The first-order chi connectivity index (χ1) is 12.2. The van der Waals surface area contributed by atoms with Gasteiger partial charge in [0.1, 0.15) is 13.2 Å². The van der Waals surface area contributed by atoms with E-state index in [1.165, 1.54) is 5.56 Å². The lowest BCUT2D eigenvalue weighted by molar-refractivity contribution is 0.126. The molecule has 7 nitrogen and oxygen atoms in total. The van der Waals surface area contributed by atoms with Crippen LogP contribution in [0, 0.1) is 0 Å². The van der Waals surface area contributed by atoms with Gasteiger partial charge in [0, 0.05) is 39.8 Å². The number of hydrogen-bond acceptors (Lipinski definition) is 5. The molecule has 3 rings (SSSR count). The van der Waals surface area contributed by atoms with E-state index < -0.39 is 0 Å². The molecular formula is C18H27N3O4. The Morgan fingerprint density at radius 1 is 1.20 bits per heavy atom. The van der Waals surface area contributed by atoms with Crippen LogP contribution in [0.1, 0.15) is 12.5 Å². The summed E-state index contributed by atoms with van der Waals surface area (Å²) in [5.41, 5.74) is 1.20. The molecule has 7 heteroatoms. The molecule has 1 unspecified atom stereocenters. The van der Waals surface area contributed by atoms with Gasteiger partial charge in [-0.25, -0.2) is 4.79 Å². The largest absolute Gasteiger partial charge is 0.486 e.